The second-order valence-electron chi connectivity index (χ2n) is 5.89. The third-order valence-electron chi connectivity index (χ3n) is 3.90. The van der Waals surface area contributed by atoms with Gasteiger partial charge in [0, 0.05) is 17.3 Å². The lowest BCUT2D eigenvalue weighted by Crippen LogP contribution is -2.35. The first kappa shape index (κ1) is 17.9. The van der Waals surface area contributed by atoms with Crippen LogP contribution in [-0.4, -0.2) is 22.2 Å². The van der Waals surface area contributed by atoms with Crippen LogP contribution in [-0.2, 0) is 0 Å². The van der Waals surface area contributed by atoms with Crippen LogP contribution in [0.1, 0.15) is 20.3 Å². The Morgan fingerprint density at radius 1 is 1.23 bits per heavy atom. The fourth-order valence-corrected chi connectivity index (χ4v) is 2.53. The third kappa shape index (κ3) is 4.21. The largest absolute Gasteiger partial charge is 0.335 e. The number of nitrogens with one attached hydrogen (secondary N) is 2. The zero-order chi connectivity index (χ0) is 18.5. The Kier molecular flexibility index (Phi) is 5.53. The summed E-state index contributed by atoms with van der Waals surface area (Å²) < 4.78 is 5.33. The summed E-state index contributed by atoms with van der Waals surface area (Å²) in [6, 6.07) is 14.4. The zero-order valence-electron chi connectivity index (χ0n) is 14.5. The van der Waals surface area contributed by atoms with E-state index in [4.69, 9.17) is 16.1 Å². The van der Waals surface area contributed by atoms with Crippen molar-refractivity contribution in [3.05, 3.63) is 53.6 Å². The Hall–Kier alpha value is -2.86. The molecule has 1 atom stereocenters. The van der Waals surface area contributed by atoms with Crippen LogP contribution < -0.4 is 10.6 Å². The number of benzene rings is 2. The predicted molar refractivity (Wildman–Crippen MR) is 102 cm³/mol. The van der Waals surface area contributed by atoms with Crippen molar-refractivity contribution in [1.29, 1.82) is 0 Å². The average Bonchev–Trinajstić information content (AvgIpc) is 3.12. The van der Waals surface area contributed by atoms with Crippen molar-refractivity contribution in [1.82, 2.24) is 15.5 Å². The highest BCUT2D eigenvalue weighted by atomic mass is 35.5. The Morgan fingerprint density at radius 2 is 2.04 bits per heavy atom. The number of rotatable bonds is 5. The summed E-state index contributed by atoms with van der Waals surface area (Å²) in [5.74, 6) is 0.768. The lowest BCUT2D eigenvalue weighted by molar-refractivity contribution is 0.249. The van der Waals surface area contributed by atoms with Crippen LogP contribution in [0.25, 0.3) is 22.8 Å². The van der Waals surface area contributed by atoms with Gasteiger partial charge in [0.15, 0.2) is 0 Å². The van der Waals surface area contributed by atoms with Crippen molar-refractivity contribution in [2.45, 2.75) is 26.3 Å². The maximum atomic E-state index is 12.0. The molecule has 0 aliphatic heterocycles. The molecule has 0 saturated carbocycles. The number of amides is 2. The van der Waals surface area contributed by atoms with Gasteiger partial charge in [-0.3, -0.25) is 0 Å². The molecule has 0 fully saturated rings. The first-order valence-corrected chi connectivity index (χ1v) is 8.71. The number of halogens is 1. The van der Waals surface area contributed by atoms with E-state index < -0.39 is 0 Å². The predicted octanol–water partition coefficient (Wildman–Crippen LogP) is 4.98. The smallest absolute Gasteiger partial charge is 0.319 e. The number of hydrogen-bond donors (Lipinski definition) is 2. The normalized spacial score (nSPS) is 11.8. The fraction of sp³-hybridized carbons (Fsp3) is 0.211. The number of nitrogens with zero attached hydrogens (tertiary/aromatic N) is 2. The van der Waals surface area contributed by atoms with Gasteiger partial charge >= 0.3 is 6.03 Å². The fourth-order valence-electron chi connectivity index (χ4n) is 2.31. The van der Waals surface area contributed by atoms with E-state index in [1.165, 1.54) is 0 Å². The standard InChI is InChI=1S/C19H19ClN4O2/c1-3-12(2)21-19(25)22-14-8-6-7-13(11-14)17-23-18(26-24-17)15-9-4-5-10-16(15)20/h4-12H,3H2,1-2H3,(H2,21,22,25)/t12-/m0/s1. The van der Waals surface area contributed by atoms with E-state index in [1.807, 2.05) is 44.2 Å². The minimum absolute atomic E-state index is 0.105. The Labute approximate surface area is 156 Å². The molecule has 2 amide bonds. The van der Waals surface area contributed by atoms with Gasteiger partial charge in [-0.1, -0.05) is 47.9 Å². The second kappa shape index (κ2) is 8.01. The third-order valence-corrected chi connectivity index (χ3v) is 4.23. The minimum atomic E-state index is -0.249. The van der Waals surface area contributed by atoms with Crippen LogP contribution in [0.2, 0.25) is 5.02 Å². The quantitative estimate of drug-likeness (QED) is 0.664. The summed E-state index contributed by atoms with van der Waals surface area (Å²) in [5, 5.41) is 10.2. The van der Waals surface area contributed by atoms with E-state index in [0.717, 1.165) is 12.0 Å². The molecule has 6 nitrogen and oxygen atoms in total. The van der Waals surface area contributed by atoms with Crippen molar-refractivity contribution in [2.24, 2.45) is 0 Å². The van der Waals surface area contributed by atoms with Crippen LogP contribution in [0.3, 0.4) is 0 Å². The molecule has 3 aromatic rings. The topological polar surface area (TPSA) is 80.0 Å². The summed E-state index contributed by atoms with van der Waals surface area (Å²) in [6.45, 7) is 3.96. The van der Waals surface area contributed by atoms with Gasteiger partial charge < -0.3 is 15.2 Å². The summed E-state index contributed by atoms with van der Waals surface area (Å²) in [6.07, 6.45) is 0.862. The van der Waals surface area contributed by atoms with Gasteiger partial charge in [0.25, 0.3) is 5.89 Å². The van der Waals surface area contributed by atoms with Crippen LogP contribution in [0, 0.1) is 0 Å². The first-order valence-electron chi connectivity index (χ1n) is 8.33. The molecular weight excluding hydrogens is 352 g/mol. The van der Waals surface area contributed by atoms with Crippen molar-refractivity contribution in [3.63, 3.8) is 0 Å². The second-order valence-corrected chi connectivity index (χ2v) is 6.30. The monoisotopic (exact) mass is 370 g/mol. The molecule has 26 heavy (non-hydrogen) atoms. The molecule has 7 heteroatoms. The van der Waals surface area contributed by atoms with Gasteiger partial charge in [0.05, 0.1) is 10.6 Å². The van der Waals surface area contributed by atoms with E-state index >= 15 is 0 Å². The average molecular weight is 371 g/mol. The molecule has 134 valence electrons. The lowest BCUT2D eigenvalue weighted by Gasteiger charge is -2.12. The zero-order valence-corrected chi connectivity index (χ0v) is 15.2. The summed E-state index contributed by atoms with van der Waals surface area (Å²) in [4.78, 5) is 16.4. The van der Waals surface area contributed by atoms with Crippen LogP contribution in [0.4, 0.5) is 10.5 Å². The number of carbonyl (C=O) groups is 1. The summed E-state index contributed by atoms with van der Waals surface area (Å²) >= 11 is 6.17. The molecule has 1 heterocycles. The minimum Gasteiger partial charge on any atom is -0.335 e. The number of aromatic nitrogens is 2. The SMILES string of the molecule is CC[C@H](C)NC(=O)Nc1cccc(-c2noc(-c3ccccc3Cl)n2)c1. The van der Waals surface area contributed by atoms with E-state index in [-0.39, 0.29) is 12.1 Å². The van der Waals surface area contributed by atoms with Gasteiger partial charge in [-0.2, -0.15) is 4.98 Å². The van der Waals surface area contributed by atoms with Crippen LogP contribution in [0.5, 0.6) is 0 Å². The highest BCUT2D eigenvalue weighted by Crippen LogP contribution is 2.28. The Morgan fingerprint density at radius 3 is 2.81 bits per heavy atom. The highest BCUT2D eigenvalue weighted by Gasteiger charge is 2.14. The molecule has 1 aromatic heterocycles. The van der Waals surface area contributed by atoms with Crippen molar-refractivity contribution >= 4 is 23.3 Å². The number of carbonyl (C=O) groups excluding carboxylic acids is 1. The van der Waals surface area contributed by atoms with Gasteiger partial charge in [-0.25, -0.2) is 4.79 Å². The molecule has 0 bridgehead atoms. The highest BCUT2D eigenvalue weighted by molar-refractivity contribution is 6.33. The summed E-state index contributed by atoms with van der Waals surface area (Å²) in [7, 11) is 0. The van der Waals surface area contributed by atoms with E-state index in [9.17, 15) is 4.79 Å². The van der Waals surface area contributed by atoms with Gasteiger partial charge in [-0.05, 0) is 37.6 Å². The van der Waals surface area contributed by atoms with Gasteiger partial charge in [0.2, 0.25) is 5.82 Å². The molecule has 0 unspecified atom stereocenters. The Balaban J connectivity index is 1.79. The Bertz CT molecular complexity index is 910. The number of urea groups is 1. The van der Waals surface area contributed by atoms with Crippen LogP contribution >= 0.6 is 11.6 Å². The molecule has 3 rings (SSSR count). The molecule has 2 N–H and O–H groups in total. The first-order chi connectivity index (χ1) is 12.6. The number of hydrogen-bond acceptors (Lipinski definition) is 4. The van der Waals surface area contributed by atoms with Crippen LogP contribution in [0.15, 0.2) is 53.1 Å². The molecular formula is C19H19ClN4O2. The lowest BCUT2D eigenvalue weighted by atomic mass is 10.2. The molecule has 0 radical (unpaired) electrons. The molecule has 0 aliphatic rings. The van der Waals surface area contributed by atoms with E-state index in [1.54, 1.807) is 18.2 Å². The van der Waals surface area contributed by atoms with Crippen molar-refractivity contribution in [2.75, 3.05) is 5.32 Å². The van der Waals surface area contributed by atoms with Gasteiger partial charge in [0.1, 0.15) is 0 Å². The van der Waals surface area contributed by atoms with E-state index in [0.29, 0.717) is 28.0 Å². The molecule has 0 aliphatic carbocycles. The maximum Gasteiger partial charge on any atom is 0.319 e. The molecule has 0 spiro atoms. The maximum absolute atomic E-state index is 12.0. The van der Waals surface area contributed by atoms with Crippen molar-refractivity contribution < 1.29 is 9.32 Å². The van der Waals surface area contributed by atoms with E-state index in [2.05, 4.69) is 20.8 Å². The van der Waals surface area contributed by atoms with Gasteiger partial charge in [-0.15, -0.1) is 0 Å². The molecule has 2 aromatic carbocycles. The molecule has 0 saturated heterocycles. The summed E-state index contributed by atoms with van der Waals surface area (Å²) in [5.41, 5.74) is 2.05. The number of anilines is 1. The van der Waals surface area contributed by atoms with Crippen molar-refractivity contribution in [3.8, 4) is 22.8 Å².